The van der Waals surface area contributed by atoms with Crippen molar-refractivity contribution in [1.29, 1.82) is 0 Å². The Balaban J connectivity index is 1.84. The Hall–Kier alpha value is -2.67. The highest BCUT2D eigenvalue weighted by Gasteiger charge is 2.21. The van der Waals surface area contributed by atoms with Gasteiger partial charge in [-0.05, 0) is 19.4 Å². The summed E-state index contributed by atoms with van der Waals surface area (Å²) in [6.07, 6.45) is 2.44. The molecule has 0 unspecified atom stereocenters. The Bertz CT molecular complexity index is 695. The quantitative estimate of drug-likeness (QED) is 0.716. The highest BCUT2D eigenvalue weighted by atomic mass is 16.6. The van der Waals surface area contributed by atoms with Crippen molar-refractivity contribution < 1.29 is 14.3 Å². The first kappa shape index (κ1) is 17.7. The minimum absolute atomic E-state index is 0.0795. The predicted octanol–water partition coefficient (Wildman–Crippen LogP) is 1.58. The Kier molecular flexibility index (Phi) is 5.70. The van der Waals surface area contributed by atoms with Gasteiger partial charge in [-0.1, -0.05) is 30.3 Å². The van der Waals surface area contributed by atoms with Crippen LogP contribution in [0, 0.1) is 0 Å². The summed E-state index contributed by atoms with van der Waals surface area (Å²) in [5, 5.41) is 7.18. The number of carbonyl (C=O) groups is 2. The van der Waals surface area contributed by atoms with Crippen LogP contribution in [-0.2, 0) is 11.3 Å². The first-order chi connectivity index (χ1) is 11.4. The number of hydrogen-bond acceptors (Lipinski definition) is 5. The number of primary amides is 1. The van der Waals surface area contributed by atoms with Crippen LogP contribution in [-0.4, -0.2) is 40.3 Å². The van der Waals surface area contributed by atoms with Crippen LogP contribution in [0.4, 0.5) is 4.79 Å². The molecule has 0 saturated heterocycles. The molecule has 1 amide bonds. The van der Waals surface area contributed by atoms with Gasteiger partial charge in [0.15, 0.2) is 5.78 Å². The van der Waals surface area contributed by atoms with Gasteiger partial charge in [-0.15, -0.1) is 0 Å². The Labute approximate surface area is 140 Å². The molecule has 0 aliphatic carbocycles. The minimum Gasteiger partial charge on any atom is -0.442 e. The molecule has 0 fully saturated rings. The summed E-state index contributed by atoms with van der Waals surface area (Å²) in [6, 6.07) is 9.89. The maximum Gasteiger partial charge on any atom is 0.405 e. The van der Waals surface area contributed by atoms with Crippen molar-refractivity contribution in [3.63, 3.8) is 0 Å². The summed E-state index contributed by atoms with van der Waals surface area (Å²) < 4.78 is 6.67. The zero-order valence-electron chi connectivity index (χ0n) is 13.9. The van der Waals surface area contributed by atoms with Crippen molar-refractivity contribution in [2.75, 3.05) is 13.1 Å². The Morgan fingerprint density at radius 3 is 2.67 bits per heavy atom. The van der Waals surface area contributed by atoms with E-state index in [0.717, 1.165) is 5.56 Å². The first-order valence-corrected chi connectivity index (χ1v) is 7.64. The Morgan fingerprint density at radius 2 is 2.00 bits per heavy atom. The molecule has 2 rings (SSSR count). The number of ether oxygens (including phenoxy) is 1. The van der Waals surface area contributed by atoms with Crippen molar-refractivity contribution >= 4 is 11.9 Å². The van der Waals surface area contributed by atoms with Gasteiger partial charge in [-0.3, -0.25) is 9.48 Å². The van der Waals surface area contributed by atoms with Crippen molar-refractivity contribution in [3.8, 4) is 0 Å². The molecule has 0 bridgehead atoms. The van der Waals surface area contributed by atoms with Gasteiger partial charge in [-0.25, -0.2) is 4.79 Å². The number of hydrogen-bond donors (Lipinski definition) is 2. The van der Waals surface area contributed by atoms with Crippen LogP contribution in [0.3, 0.4) is 0 Å². The second kappa shape index (κ2) is 7.74. The number of nitrogens with one attached hydrogen (secondary N) is 1. The number of rotatable bonds is 8. The zero-order chi connectivity index (χ0) is 17.6. The molecule has 0 aliphatic rings. The topological polar surface area (TPSA) is 99.2 Å². The van der Waals surface area contributed by atoms with Crippen LogP contribution in [0.1, 0.15) is 29.8 Å². The number of aromatic nitrogens is 2. The monoisotopic (exact) mass is 330 g/mol. The number of nitrogens with zero attached hydrogens (tertiary/aromatic N) is 2. The molecule has 0 spiro atoms. The van der Waals surface area contributed by atoms with Crippen LogP contribution in [0.15, 0.2) is 42.7 Å². The molecule has 7 nitrogen and oxygen atoms in total. The maximum atomic E-state index is 12.2. The fraction of sp³-hybridized carbons (Fsp3) is 0.353. The van der Waals surface area contributed by atoms with Crippen molar-refractivity contribution in [3.05, 3.63) is 53.9 Å². The molecule has 24 heavy (non-hydrogen) atoms. The molecule has 2 aromatic rings. The number of nitrogens with two attached hydrogens (primary N) is 1. The van der Waals surface area contributed by atoms with Gasteiger partial charge >= 0.3 is 6.09 Å². The van der Waals surface area contributed by atoms with E-state index in [1.165, 1.54) is 0 Å². The molecule has 7 heteroatoms. The average molecular weight is 330 g/mol. The van der Waals surface area contributed by atoms with Crippen LogP contribution in [0.5, 0.6) is 0 Å². The standard InChI is InChI=1S/C17H22N4O3/c1-17(2,24-16(18)23)12-19-9-15(22)14-8-20-21(11-14)10-13-6-4-3-5-7-13/h3-8,11,19H,9-10,12H2,1-2H3,(H2,18,23). The third-order valence-electron chi connectivity index (χ3n) is 3.36. The number of benzene rings is 1. The molecule has 1 aromatic carbocycles. The molecule has 128 valence electrons. The molecule has 0 radical (unpaired) electrons. The lowest BCUT2D eigenvalue weighted by Crippen LogP contribution is -2.42. The third kappa shape index (κ3) is 5.51. The molecular formula is C17H22N4O3. The maximum absolute atomic E-state index is 12.2. The number of ketones is 1. The number of amides is 1. The number of Topliss-reactive ketones (excluding diaryl/α,β-unsaturated/α-hetero) is 1. The minimum atomic E-state index is -0.838. The van der Waals surface area contributed by atoms with Gasteiger partial charge < -0.3 is 15.8 Å². The zero-order valence-corrected chi connectivity index (χ0v) is 13.9. The van der Waals surface area contributed by atoms with E-state index < -0.39 is 11.7 Å². The first-order valence-electron chi connectivity index (χ1n) is 7.64. The van der Waals surface area contributed by atoms with Crippen LogP contribution < -0.4 is 11.1 Å². The van der Waals surface area contributed by atoms with Gasteiger partial charge in [0.1, 0.15) is 5.60 Å². The van der Waals surface area contributed by atoms with E-state index in [9.17, 15) is 9.59 Å². The van der Waals surface area contributed by atoms with E-state index in [2.05, 4.69) is 10.4 Å². The van der Waals surface area contributed by atoms with Crippen molar-refractivity contribution in [1.82, 2.24) is 15.1 Å². The van der Waals surface area contributed by atoms with E-state index in [1.54, 1.807) is 30.9 Å². The van der Waals surface area contributed by atoms with Gasteiger partial charge in [0.2, 0.25) is 0 Å². The molecular weight excluding hydrogens is 308 g/mol. The van der Waals surface area contributed by atoms with Crippen LogP contribution >= 0.6 is 0 Å². The summed E-state index contributed by atoms with van der Waals surface area (Å²) in [7, 11) is 0. The molecule has 0 aliphatic heterocycles. The van der Waals surface area contributed by atoms with E-state index in [4.69, 9.17) is 10.5 Å². The highest BCUT2D eigenvalue weighted by Crippen LogP contribution is 2.08. The smallest absolute Gasteiger partial charge is 0.405 e. The number of carbonyl (C=O) groups excluding carboxylic acids is 2. The molecule has 0 saturated carbocycles. The fourth-order valence-corrected chi connectivity index (χ4v) is 2.25. The molecule has 1 heterocycles. The van der Waals surface area contributed by atoms with Gasteiger partial charge in [-0.2, -0.15) is 5.10 Å². The predicted molar refractivity (Wildman–Crippen MR) is 89.7 cm³/mol. The lowest BCUT2D eigenvalue weighted by Gasteiger charge is -2.24. The Morgan fingerprint density at radius 1 is 1.29 bits per heavy atom. The van der Waals surface area contributed by atoms with Crippen LogP contribution in [0.25, 0.3) is 0 Å². The van der Waals surface area contributed by atoms with E-state index in [-0.39, 0.29) is 12.3 Å². The van der Waals surface area contributed by atoms with Gasteiger partial charge in [0.25, 0.3) is 0 Å². The van der Waals surface area contributed by atoms with Gasteiger partial charge in [0.05, 0.1) is 24.8 Å². The fourth-order valence-electron chi connectivity index (χ4n) is 2.25. The summed E-state index contributed by atoms with van der Waals surface area (Å²) in [5.74, 6) is -0.0795. The summed E-state index contributed by atoms with van der Waals surface area (Å²) in [4.78, 5) is 23.0. The normalized spacial score (nSPS) is 11.2. The van der Waals surface area contributed by atoms with E-state index in [1.807, 2.05) is 30.3 Å². The largest absolute Gasteiger partial charge is 0.442 e. The SMILES string of the molecule is CC(C)(CNCC(=O)c1cnn(Cc2ccccc2)c1)OC(N)=O. The second-order valence-corrected chi connectivity index (χ2v) is 6.12. The lowest BCUT2D eigenvalue weighted by molar-refractivity contribution is 0.0459. The molecule has 1 aromatic heterocycles. The summed E-state index contributed by atoms with van der Waals surface area (Å²) >= 11 is 0. The molecule has 3 N–H and O–H groups in total. The summed E-state index contributed by atoms with van der Waals surface area (Å²) in [6.45, 7) is 4.49. The van der Waals surface area contributed by atoms with E-state index >= 15 is 0 Å². The van der Waals surface area contributed by atoms with Crippen molar-refractivity contribution in [2.45, 2.75) is 26.0 Å². The summed E-state index contributed by atoms with van der Waals surface area (Å²) in [5.41, 5.74) is 5.87. The third-order valence-corrected chi connectivity index (χ3v) is 3.36. The second-order valence-electron chi connectivity index (χ2n) is 6.12. The van der Waals surface area contributed by atoms with Crippen LogP contribution in [0.2, 0.25) is 0 Å². The van der Waals surface area contributed by atoms with Gasteiger partial charge in [0, 0.05) is 12.7 Å². The average Bonchev–Trinajstić information content (AvgIpc) is 2.95. The highest BCUT2D eigenvalue weighted by molar-refractivity contribution is 5.97. The van der Waals surface area contributed by atoms with E-state index in [0.29, 0.717) is 18.7 Å². The lowest BCUT2D eigenvalue weighted by atomic mass is 10.1. The molecule has 0 atom stereocenters. The van der Waals surface area contributed by atoms with Crippen molar-refractivity contribution in [2.24, 2.45) is 5.73 Å².